The van der Waals surface area contributed by atoms with Crippen molar-refractivity contribution in [2.45, 2.75) is 32.7 Å². The maximum atomic E-state index is 10.8. The number of hydrogen-bond acceptors (Lipinski definition) is 3. The van der Waals surface area contributed by atoms with Crippen LogP contribution in [0.4, 0.5) is 0 Å². The van der Waals surface area contributed by atoms with E-state index < -0.39 is 11.9 Å². The largest absolute Gasteiger partial charge is 0.368 e. The monoisotopic (exact) mass is 199 g/mol. The van der Waals surface area contributed by atoms with Crippen molar-refractivity contribution in [1.29, 1.82) is 0 Å². The molecule has 0 aromatic heterocycles. The molecule has 0 aliphatic carbocycles. The number of hydrogen-bond donors (Lipinski definition) is 2. The maximum absolute atomic E-state index is 10.8. The molecule has 1 aliphatic rings. The third-order valence-electron chi connectivity index (χ3n) is 3.03. The summed E-state index contributed by atoms with van der Waals surface area (Å²) in [6.07, 6.45) is 2.33. The molecule has 1 unspecified atom stereocenters. The van der Waals surface area contributed by atoms with Crippen molar-refractivity contribution in [2.24, 2.45) is 16.9 Å². The SMILES string of the molecule is CC1(C)CCN(CC(N)C(N)=O)CC1. The number of carbonyl (C=O) groups is 1. The highest BCUT2D eigenvalue weighted by molar-refractivity contribution is 5.79. The van der Waals surface area contributed by atoms with E-state index in [-0.39, 0.29) is 0 Å². The van der Waals surface area contributed by atoms with Crippen molar-refractivity contribution in [1.82, 2.24) is 4.90 Å². The van der Waals surface area contributed by atoms with Gasteiger partial charge in [0.25, 0.3) is 0 Å². The van der Waals surface area contributed by atoms with Gasteiger partial charge in [-0.25, -0.2) is 0 Å². The van der Waals surface area contributed by atoms with Gasteiger partial charge >= 0.3 is 0 Å². The van der Waals surface area contributed by atoms with Crippen molar-refractivity contribution in [2.75, 3.05) is 19.6 Å². The third kappa shape index (κ3) is 3.27. The van der Waals surface area contributed by atoms with E-state index in [1.165, 1.54) is 12.8 Å². The lowest BCUT2D eigenvalue weighted by Gasteiger charge is -2.37. The molecule has 1 saturated heterocycles. The quantitative estimate of drug-likeness (QED) is 0.668. The first-order chi connectivity index (χ1) is 6.41. The predicted octanol–water partition coefficient (Wildman–Crippen LogP) is -0.0790. The second kappa shape index (κ2) is 4.28. The Kier molecular flexibility index (Phi) is 3.50. The minimum atomic E-state index is -0.517. The molecule has 4 N–H and O–H groups in total. The smallest absolute Gasteiger partial charge is 0.235 e. The van der Waals surface area contributed by atoms with E-state index in [1.54, 1.807) is 0 Å². The standard InChI is InChI=1S/C10H21N3O/c1-10(2)3-5-13(6-4-10)7-8(11)9(12)14/h8H,3-7,11H2,1-2H3,(H2,12,14). The van der Waals surface area contributed by atoms with Crippen LogP contribution < -0.4 is 11.5 Å². The lowest BCUT2D eigenvalue weighted by Crippen LogP contribution is -2.48. The lowest BCUT2D eigenvalue weighted by atomic mass is 9.82. The molecule has 82 valence electrons. The van der Waals surface area contributed by atoms with Gasteiger partial charge in [-0.1, -0.05) is 13.8 Å². The summed E-state index contributed by atoms with van der Waals surface area (Å²) in [5, 5.41) is 0. The molecule has 1 aliphatic heterocycles. The normalized spacial score (nSPS) is 24.5. The Morgan fingerprint density at radius 2 is 1.93 bits per heavy atom. The molecule has 14 heavy (non-hydrogen) atoms. The van der Waals surface area contributed by atoms with Gasteiger partial charge in [0.05, 0.1) is 6.04 Å². The Balaban J connectivity index is 2.32. The summed E-state index contributed by atoms with van der Waals surface area (Å²) >= 11 is 0. The van der Waals surface area contributed by atoms with Gasteiger partial charge in [-0.2, -0.15) is 0 Å². The van der Waals surface area contributed by atoms with Gasteiger partial charge in [-0.15, -0.1) is 0 Å². The van der Waals surface area contributed by atoms with Gasteiger partial charge in [-0.3, -0.25) is 4.79 Å². The minimum absolute atomic E-state index is 0.408. The average molecular weight is 199 g/mol. The number of nitrogens with zero attached hydrogens (tertiary/aromatic N) is 1. The van der Waals surface area contributed by atoms with Gasteiger partial charge < -0.3 is 16.4 Å². The van der Waals surface area contributed by atoms with Gasteiger partial charge in [-0.05, 0) is 31.3 Å². The van der Waals surface area contributed by atoms with E-state index in [0.717, 1.165) is 13.1 Å². The van der Waals surface area contributed by atoms with E-state index in [0.29, 0.717) is 12.0 Å². The van der Waals surface area contributed by atoms with Crippen molar-refractivity contribution in [3.8, 4) is 0 Å². The summed E-state index contributed by atoms with van der Waals surface area (Å²) < 4.78 is 0. The highest BCUT2D eigenvalue weighted by atomic mass is 16.1. The average Bonchev–Trinajstić information content (AvgIpc) is 2.08. The summed E-state index contributed by atoms with van der Waals surface area (Å²) in [4.78, 5) is 13.0. The Labute approximate surface area is 85.6 Å². The summed E-state index contributed by atoms with van der Waals surface area (Å²) in [7, 11) is 0. The Morgan fingerprint density at radius 1 is 1.43 bits per heavy atom. The first-order valence-electron chi connectivity index (χ1n) is 5.18. The second-order valence-electron chi connectivity index (χ2n) is 4.97. The van der Waals surface area contributed by atoms with Crippen LogP contribution in [0.25, 0.3) is 0 Å². The van der Waals surface area contributed by atoms with Crippen LogP contribution in [-0.2, 0) is 4.79 Å². The molecule has 0 aromatic rings. The van der Waals surface area contributed by atoms with E-state index in [2.05, 4.69) is 18.7 Å². The fourth-order valence-electron chi connectivity index (χ4n) is 1.71. The maximum Gasteiger partial charge on any atom is 0.235 e. The highest BCUT2D eigenvalue weighted by Gasteiger charge is 2.26. The van der Waals surface area contributed by atoms with Gasteiger partial charge in [0, 0.05) is 6.54 Å². The molecule has 0 spiro atoms. The number of rotatable bonds is 3. The second-order valence-corrected chi connectivity index (χ2v) is 4.97. The van der Waals surface area contributed by atoms with E-state index in [9.17, 15) is 4.79 Å². The topological polar surface area (TPSA) is 72.3 Å². The van der Waals surface area contributed by atoms with Gasteiger partial charge in [0.15, 0.2) is 0 Å². The van der Waals surface area contributed by atoms with Crippen LogP contribution in [0.5, 0.6) is 0 Å². The molecule has 0 aromatic carbocycles. The van der Waals surface area contributed by atoms with Crippen LogP contribution in [0.15, 0.2) is 0 Å². The van der Waals surface area contributed by atoms with Crippen LogP contribution in [0, 0.1) is 5.41 Å². The lowest BCUT2D eigenvalue weighted by molar-refractivity contribution is -0.119. The number of amides is 1. The summed E-state index contributed by atoms with van der Waals surface area (Å²) in [6.45, 7) is 7.20. The zero-order chi connectivity index (χ0) is 10.8. The number of piperidine rings is 1. The van der Waals surface area contributed by atoms with Crippen molar-refractivity contribution in [3.05, 3.63) is 0 Å². The molecular formula is C10H21N3O. The van der Waals surface area contributed by atoms with Crippen LogP contribution in [0.1, 0.15) is 26.7 Å². The summed E-state index contributed by atoms with van der Waals surface area (Å²) in [5.74, 6) is -0.408. The molecule has 4 nitrogen and oxygen atoms in total. The Morgan fingerprint density at radius 3 is 2.36 bits per heavy atom. The van der Waals surface area contributed by atoms with Crippen LogP contribution in [0.2, 0.25) is 0 Å². The van der Waals surface area contributed by atoms with Gasteiger partial charge in [0.1, 0.15) is 0 Å². The van der Waals surface area contributed by atoms with Crippen LogP contribution in [0.3, 0.4) is 0 Å². The molecule has 1 rings (SSSR count). The summed E-state index contributed by atoms with van der Waals surface area (Å²) in [5.41, 5.74) is 11.2. The molecule has 1 heterocycles. The molecular weight excluding hydrogens is 178 g/mol. The first kappa shape index (κ1) is 11.5. The molecule has 0 saturated carbocycles. The Hall–Kier alpha value is -0.610. The first-order valence-corrected chi connectivity index (χ1v) is 5.18. The zero-order valence-electron chi connectivity index (χ0n) is 9.12. The van der Waals surface area contributed by atoms with Crippen molar-refractivity contribution in [3.63, 3.8) is 0 Å². The summed E-state index contributed by atoms with van der Waals surface area (Å²) in [6, 6.07) is -0.517. The molecule has 1 atom stereocenters. The number of carbonyl (C=O) groups excluding carboxylic acids is 1. The van der Waals surface area contributed by atoms with Crippen LogP contribution >= 0.6 is 0 Å². The molecule has 1 amide bonds. The number of primary amides is 1. The molecule has 4 heteroatoms. The minimum Gasteiger partial charge on any atom is -0.368 e. The third-order valence-corrected chi connectivity index (χ3v) is 3.03. The Bertz CT molecular complexity index is 205. The fraction of sp³-hybridized carbons (Fsp3) is 0.900. The highest BCUT2D eigenvalue weighted by Crippen LogP contribution is 2.29. The number of likely N-dealkylation sites (tertiary alicyclic amines) is 1. The van der Waals surface area contributed by atoms with E-state index in [4.69, 9.17) is 11.5 Å². The zero-order valence-corrected chi connectivity index (χ0v) is 9.12. The molecule has 1 fully saturated rings. The van der Waals surface area contributed by atoms with Crippen molar-refractivity contribution < 1.29 is 4.79 Å². The number of nitrogens with two attached hydrogens (primary N) is 2. The fourth-order valence-corrected chi connectivity index (χ4v) is 1.71. The molecule has 0 bridgehead atoms. The molecule has 0 radical (unpaired) electrons. The van der Waals surface area contributed by atoms with E-state index >= 15 is 0 Å². The van der Waals surface area contributed by atoms with Crippen molar-refractivity contribution >= 4 is 5.91 Å². The van der Waals surface area contributed by atoms with Crippen LogP contribution in [-0.4, -0.2) is 36.5 Å². The van der Waals surface area contributed by atoms with E-state index in [1.807, 2.05) is 0 Å². The van der Waals surface area contributed by atoms with Gasteiger partial charge in [0.2, 0.25) is 5.91 Å². The predicted molar refractivity (Wildman–Crippen MR) is 56.6 cm³/mol.